The van der Waals surface area contributed by atoms with Gasteiger partial charge in [0.2, 0.25) is 0 Å². The summed E-state index contributed by atoms with van der Waals surface area (Å²) in [5, 5.41) is 7.04. The first kappa shape index (κ1) is 11.1. The average molecular weight is 237 g/mol. The van der Waals surface area contributed by atoms with E-state index in [9.17, 15) is 0 Å². The Balaban J connectivity index is 2.45. The molecule has 2 aromatic rings. The zero-order chi connectivity index (χ0) is 11.7. The van der Waals surface area contributed by atoms with E-state index in [-0.39, 0.29) is 0 Å². The van der Waals surface area contributed by atoms with E-state index in [2.05, 4.69) is 29.0 Å². The van der Waals surface area contributed by atoms with Crippen molar-refractivity contribution in [2.75, 3.05) is 0 Å². The third-order valence-corrected chi connectivity index (χ3v) is 2.55. The van der Waals surface area contributed by atoms with Gasteiger partial charge in [-0.2, -0.15) is 5.10 Å². The van der Waals surface area contributed by atoms with Crippen molar-refractivity contribution in [3.63, 3.8) is 0 Å². The van der Waals surface area contributed by atoms with Crippen molar-refractivity contribution in [1.82, 2.24) is 24.3 Å². The molecule has 0 aromatic carbocycles. The van der Waals surface area contributed by atoms with Crippen LogP contribution in [0, 0.1) is 10.7 Å². The molecule has 0 radical (unpaired) electrons. The molecule has 2 heterocycles. The fraction of sp³-hybridized carbons (Fsp3) is 0.500. The minimum absolute atomic E-state index is 0.520. The van der Waals surface area contributed by atoms with E-state index in [1.54, 1.807) is 6.33 Å². The first-order valence-corrected chi connectivity index (χ1v) is 5.62. The Morgan fingerprint density at radius 1 is 1.50 bits per heavy atom. The molecule has 2 aromatic heterocycles. The molecule has 0 unspecified atom stereocenters. The second-order valence-corrected chi connectivity index (χ2v) is 4.67. The van der Waals surface area contributed by atoms with Crippen LogP contribution < -0.4 is 0 Å². The van der Waals surface area contributed by atoms with E-state index in [1.165, 1.54) is 0 Å². The fourth-order valence-electron chi connectivity index (χ4n) is 1.58. The lowest BCUT2D eigenvalue weighted by Crippen LogP contribution is -2.06. The minimum Gasteiger partial charge on any atom is -0.340 e. The van der Waals surface area contributed by atoms with Crippen molar-refractivity contribution in [1.29, 1.82) is 0 Å². The lowest BCUT2D eigenvalue weighted by molar-refractivity contribution is 0.521. The highest BCUT2D eigenvalue weighted by Crippen LogP contribution is 2.15. The summed E-state index contributed by atoms with van der Waals surface area (Å²) in [6.45, 7) is 5.15. The van der Waals surface area contributed by atoms with Crippen LogP contribution in [0.15, 0.2) is 12.5 Å². The molecule has 1 N–H and O–H groups in total. The summed E-state index contributed by atoms with van der Waals surface area (Å²) >= 11 is 5.21. The first-order chi connectivity index (χ1) is 7.58. The minimum atomic E-state index is 0.520. The smallest absolute Gasteiger partial charge is 0.195 e. The highest BCUT2D eigenvalue weighted by molar-refractivity contribution is 7.71. The largest absolute Gasteiger partial charge is 0.340 e. The van der Waals surface area contributed by atoms with Gasteiger partial charge in [-0.3, -0.25) is 9.67 Å². The van der Waals surface area contributed by atoms with E-state index < -0.39 is 0 Å². The number of hydrogen-bond acceptors (Lipinski definition) is 3. The summed E-state index contributed by atoms with van der Waals surface area (Å²) in [5.41, 5.74) is 0.843. The van der Waals surface area contributed by atoms with Gasteiger partial charge in [0.15, 0.2) is 10.6 Å². The van der Waals surface area contributed by atoms with Gasteiger partial charge in [-0.25, -0.2) is 4.98 Å². The van der Waals surface area contributed by atoms with Crippen molar-refractivity contribution < 1.29 is 0 Å². The van der Waals surface area contributed by atoms with Crippen LogP contribution in [0.25, 0.3) is 11.5 Å². The maximum absolute atomic E-state index is 5.21. The van der Waals surface area contributed by atoms with Crippen LogP contribution in [0.1, 0.15) is 13.8 Å². The molecule has 0 fully saturated rings. The molecule has 0 aliphatic rings. The standard InChI is InChI=1S/C10H15N5S/c1-7(2)4-15-9(12-13-10(15)16)8-5-14(3)6-11-8/h5-7H,4H2,1-3H3,(H,13,16). The maximum Gasteiger partial charge on any atom is 0.195 e. The number of rotatable bonds is 3. The number of H-pyrrole nitrogens is 1. The number of aryl methyl sites for hydroxylation is 1. The van der Waals surface area contributed by atoms with Gasteiger partial charge >= 0.3 is 0 Å². The summed E-state index contributed by atoms with van der Waals surface area (Å²) in [7, 11) is 1.94. The average Bonchev–Trinajstić information content (AvgIpc) is 2.75. The molecule has 0 amide bonds. The fourth-order valence-corrected chi connectivity index (χ4v) is 1.78. The second kappa shape index (κ2) is 4.21. The van der Waals surface area contributed by atoms with Gasteiger partial charge < -0.3 is 4.57 Å². The maximum atomic E-state index is 5.21. The van der Waals surface area contributed by atoms with Gasteiger partial charge in [0.05, 0.1) is 6.33 Å². The molecule has 6 heteroatoms. The molecule has 2 rings (SSSR count). The number of aromatic amines is 1. The summed E-state index contributed by atoms with van der Waals surface area (Å²) in [6, 6.07) is 0. The molecule has 0 bridgehead atoms. The number of aromatic nitrogens is 5. The highest BCUT2D eigenvalue weighted by Gasteiger charge is 2.11. The van der Waals surface area contributed by atoms with E-state index in [0.29, 0.717) is 10.7 Å². The SMILES string of the molecule is CC(C)Cn1c(-c2cn(C)cn2)n[nH]c1=S. The van der Waals surface area contributed by atoms with Gasteiger partial charge in [-0.05, 0) is 18.1 Å². The molecule has 0 aliphatic heterocycles. The molecule has 5 nitrogen and oxygen atoms in total. The molecule has 86 valence electrons. The molecule has 0 saturated carbocycles. The lowest BCUT2D eigenvalue weighted by atomic mass is 10.2. The van der Waals surface area contributed by atoms with Gasteiger partial charge in [-0.1, -0.05) is 13.8 Å². The van der Waals surface area contributed by atoms with Gasteiger partial charge in [0, 0.05) is 19.8 Å². The Hall–Kier alpha value is -1.43. The van der Waals surface area contributed by atoms with E-state index in [0.717, 1.165) is 18.1 Å². The normalized spacial score (nSPS) is 11.2. The third-order valence-electron chi connectivity index (χ3n) is 2.24. The van der Waals surface area contributed by atoms with Crippen LogP contribution in [-0.4, -0.2) is 24.3 Å². The van der Waals surface area contributed by atoms with Crippen LogP contribution in [0.4, 0.5) is 0 Å². The molecular formula is C10H15N5S. The Labute approximate surface area is 99.1 Å². The predicted octanol–water partition coefficient (Wildman–Crippen LogP) is 2.00. The Bertz CT molecular complexity index is 533. The highest BCUT2D eigenvalue weighted by atomic mass is 32.1. The van der Waals surface area contributed by atoms with Crippen LogP contribution in [-0.2, 0) is 13.6 Å². The number of nitrogens with zero attached hydrogens (tertiary/aromatic N) is 4. The zero-order valence-electron chi connectivity index (χ0n) is 9.64. The van der Waals surface area contributed by atoms with Crippen molar-refractivity contribution in [3.8, 4) is 11.5 Å². The molecule has 0 atom stereocenters. The van der Waals surface area contributed by atoms with Crippen molar-refractivity contribution in [3.05, 3.63) is 17.3 Å². The van der Waals surface area contributed by atoms with E-state index >= 15 is 0 Å². The number of hydrogen-bond donors (Lipinski definition) is 1. The van der Waals surface area contributed by atoms with Gasteiger partial charge in [-0.15, -0.1) is 0 Å². The summed E-state index contributed by atoms with van der Waals surface area (Å²) in [5.74, 6) is 1.33. The molecular weight excluding hydrogens is 222 g/mol. The molecule has 16 heavy (non-hydrogen) atoms. The topological polar surface area (TPSA) is 51.4 Å². The molecule has 0 saturated heterocycles. The quantitative estimate of drug-likeness (QED) is 0.831. The summed E-state index contributed by atoms with van der Waals surface area (Å²) in [6.07, 6.45) is 3.69. The monoisotopic (exact) mass is 237 g/mol. The Morgan fingerprint density at radius 2 is 2.25 bits per heavy atom. The van der Waals surface area contributed by atoms with E-state index in [1.807, 2.05) is 22.4 Å². The molecule has 0 aliphatic carbocycles. The second-order valence-electron chi connectivity index (χ2n) is 4.28. The van der Waals surface area contributed by atoms with Crippen LogP contribution >= 0.6 is 12.2 Å². The lowest BCUT2D eigenvalue weighted by Gasteiger charge is -2.07. The number of imidazole rings is 1. The summed E-state index contributed by atoms with van der Waals surface area (Å²) < 4.78 is 4.53. The Morgan fingerprint density at radius 3 is 2.81 bits per heavy atom. The predicted molar refractivity (Wildman–Crippen MR) is 64.5 cm³/mol. The summed E-state index contributed by atoms with van der Waals surface area (Å²) in [4.78, 5) is 4.28. The Kier molecular flexibility index (Phi) is 2.91. The van der Waals surface area contributed by atoms with Crippen molar-refractivity contribution >= 4 is 12.2 Å². The van der Waals surface area contributed by atoms with Crippen LogP contribution in [0.5, 0.6) is 0 Å². The van der Waals surface area contributed by atoms with Crippen LogP contribution in [0.3, 0.4) is 0 Å². The third kappa shape index (κ3) is 2.06. The van der Waals surface area contributed by atoms with Gasteiger partial charge in [0.25, 0.3) is 0 Å². The molecule has 0 spiro atoms. The first-order valence-electron chi connectivity index (χ1n) is 5.21. The van der Waals surface area contributed by atoms with Crippen molar-refractivity contribution in [2.45, 2.75) is 20.4 Å². The zero-order valence-corrected chi connectivity index (χ0v) is 10.5. The number of nitrogens with one attached hydrogen (secondary N) is 1. The van der Waals surface area contributed by atoms with Crippen LogP contribution in [0.2, 0.25) is 0 Å². The van der Waals surface area contributed by atoms with Gasteiger partial charge in [0.1, 0.15) is 5.69 Å². The van der Waals surface area contributed by atoms with Crippen molar-refractivity contribution in [2.24, 2.45) is 13.0 Å². The van der Waals surface area contributed by atoms with E-state index in [4.69, 9.17) is 12.2 Å².